The highest BCUT2D eigenvalue weighted by molar-refractivity contribution is 7.80. The summed E-state index contributed by atoms with van der Waals surface area (Å²) in [5.41, 5.74) is 1.58. The zero-order chi connectivity index (χ0) is 6.57. The minimum atomic E-state index is -1.11. The van der Waals surface area contributed by atoms with Gasteiger partial charge in [0.05, 0.1) is 0 Å². The molecule has 1 atom stereocenters. The van der Waals surface area contributed by atoms with E-state index in [0.29, 0.717) is 0 Å². The lowest BCUT2D eigenvalue weighted by Crippen LogP contribution is -2.35. The van der Waals surface area contributed by atoms with E-state index in [2.05, 4.69) is 12.6 Å². The van der Waals surface area contributed by atoms with Crippen molar-refractivity contribution < 1.29 is 15.1 Å². The SMILES string of the molecule is O=C(O)[C@H](CS)NO. The van der Waals surface area contributed by atoms with Crippen molar-refractivity contribution in [3.05, 3.63) is 0 Å². The number of rotatable bonds is 3. The van der Waals surface area contributed by atoms with Crippen molar-refractivity contribution in [2.45, 2.75) is 6.04 Å². The number of carbonyl (C=O) groups is 1. The molecule has 0 saturated carbocycles. The molecule has 0 aromatic rings. The van der Waals surface area contributed by atoms with Crippen LogP contribution in [0.4, 0.5) is 0 Å². The Morgan fingerprint density at radius 1 is 1.88 bits per heavy atom. The van der Waals surface area contributed by atoms with E-state index in [1.807, 2.05) is 0 Å². The summed E-state index contributed by atoms with van der Waals surface area (Å²) in [5, 5.41) is 16.1. The number of nitrogens with one attached hydrogen (secondary N) is 1. The number of hydroxylamine groups is 1. The van der Waals surface area contributed by atoms with Crippen molar-refractivity contribution in [2.75, 3.05) is 5.75 Å². The van der Waals surface area contributed by atoms with Gasteiger partial charge in [-0.1, -0.05) is 0 Å². The fraction of sp³-hybridized carbons (Fsp3) is 0.667. The zero-order valence-corrected chi connectivity index (χ0v) is 4.93. The van der Waals surface area contributed by atoms with Gasteiger partial charge in [-0.2, -0.15) is 18.1 Å². The first-order chi connectivity index (χ1) is 3.72. The molecule has 0 aliphatic heterocycles. The average molecular weight is 137 g/mol. The molecule has 8 heavy (non-hydrogen) atoms. The molecule has 0 aliphatic carbocycles. The minimum Gasteiger partial charge on any atom is -0.480 e. The van der Waals surface area contributed by atoms with Crippen LogP contribution >= 0.6 is 12.6 Å². The third-order valence-corrected chi connectivity index (χ3v) is 1.00. The van der Waals surface area contributed by atoms with Gasteiger partial charge in [0.2, 0.25) is 0 Å². The summed E-state index contributed by atoms with van der Waals surface area (Å²) >= 11 is 3.63. The Bertz CT molecular complexity index is 82.6. The largest absolute Gasteiger partial charge is 0.480 e. The smallest absolute Gasteiger partial charge is 0.323 e. The molecule has 0 radical (unpaired) electrons. The second-order valence-electron chi connectivity index (χ2n) is 1.20. The number of thiol groups is 1. The lowest BCUT2D eigenvalue weighted by molar-refractivity contribution is -0.141. The molecule has 3 N–H and O–H groups in total. The van der Waals surface area contributed by atoms with Gasteiger partial charge < -0.3 is 10.3 Å². The fourth-order valence-electron chi connectivity index (χ4n) is 0.174. The first-order valence-corrected chi connectivity index (χ1v) is 2.59. The highest BCUT2D eigenvalue weighted by atomic mass is 32.1. The summed E-state index contributed by atoms with van der Waals surface area (Å²) in [6, 6.07) is -0.960. The van der Waals surface area contributed by atoms with E-state index in [1.165, 1.54) is 0 Å². The Morgan fingerprint density at radius 3 is 2.38 bits per heavy atom. The predicted molar refractivity (Wildman–Crippen MR) is 30.2 cm³/mol. The molecule has 5 heteroatoms. The van der Waals surface area contributed by atoms with Crippen molar-refractivity contribution in [3.63, 3.8) is 0 Å². The number of carboxylic acid groups (broad SMARTS) is 1. The molecule has 0 bridgehead atoms. The molecule has 0 unspecified atom stereocenters. The quantitative estimate of drug-likeness (QED) is 0.308. The van der Waals surface area contributed by atoms with Crippen LogP contribution in [0.1, 0.15) is 0 Å². The van der Waals surface area contributed by atoms with Gasteiger partial charge in [-0.15, -0.1) is 0 Å². The van der Waals surface area contributed by atoms with E-state index in [0.717, 1.165) is 0 Å². The van der Waals surface area contributed by atoms with Crippen LogP contribution in [0.5, 0.6) is 0 Å². The molecule has 0 fully saturated rings. The van der Waals surface area contributed by atoms with Crippen LogP contribution < -0.4 is 5.48 Å². The van der Waals surface area contributed by atoms with Crippen molar-refractivity contribution in [3.8, 4) is 0 Å². The van der Waals surface area contributed by atoms with E-state index in [9.17, 15) is 4.79 Å². The van der Waals surface area contributed by atoms with Crippen molar-refractivity contribution in [1.82, 2.24) is 5.48 Å². The lowest BCUT2D eigenvalue weighted by Gasteiger charge is -2.03. The number of hydrogen-bond acceptors (Lipinski definition) is 4. The molecule has 0 aromatic heterocycles. The minimum absolute atomic E-state index is 0.0752. The van der Waals surface area contributed by atoms with Gasteiger partial charge >= 0.3 is 5.97 Å². The lowest BCUT2D eigenvalue weighted by atomic mass is 10.4. The zero-order valence-electron chi connectivity index (χ0n) is 4.03. The summed E-state index contributed by atoms with van der Waals surface area (Å²) in [5.74, 6) is -1.03. The van der Waals surface area contributed by atoms with Gasteiger partial charge in [0.25, 0.3) is 0 Å². The standard InChI is InChI=1S/C3H7NO3S/c5-3(6)2(1-8)4-7/h2,4,7-8H,1H2,(H,5,6)/t2-/m0/s1. The first kappa shape index (κ1) is 7.74. The highest BCUT2D eigenvalue weighted by Crippen LogP contribution is 1.84. The second kappa shape index (κ2) is 3.71. The molecular weight excluding hydrogens is 130 g/mol. The molecule has 0 rings (SSSR count). The Kier molecular flexibility index (Phi) is 3.59. The van der Waals surface area contributed by atoms with Crippen LogP contribution in [-0.2, 0) is 4.79 Å². The van der Waals surface area contributed by atoms with Crippen LogP contribution in [0, 0.1) is 0 Å². The summed E-state index contributed by atoms with van der Waals surface area (Å²) < 4.78 is 0. The molecule has 4 nitrogen and oxygen atoms in total. The maximum Gasteiger partial charge on any atom is 0.323 e. The Morgan fingerprint density at radius 2 is 2.38 bits per heavy atom. The normalized spacial score (nSPS) is 13.2. The summed E-state index contributed by atoms with van der Waals surface area (Å²) in [6.45, 7) is 0. The molecule has 48 valence electrons. The van der Waals surface area contributed by atoms with E-state index in [4.69, 9.17) is 10.3 Å². The van der Waals surface area contributed by atoms with Crippen LogP contribution in [0.2, 0.25) is 0 Å². The Balaban J connectivity index is 3.52. The molecule has 0 spiro atoms. The monoisotopic (exact) mass is 137 g/mol. The molecule has 0 aliphatic rings. The molecule has 0 saturated heterocycles. The van der Waals surface area contributed by atoms with Gasteiger partial charge in [0.15, 0.2) is 0 Å². The third kappa shape index (κ3) is 2.15. The number of aliphatic carboxylic acids is 1. The van der Waals surface area contributed by atoms with Crippen LogP contribution in [0.25, 0.3) is 0 Å². The van der Waals surface area contributed by atoms with Crippen molar-refractivity contribution in [2.24, 2.45) is 0 Å². The van der Waals surface area contributed by atoms with Crippen LogP contribution in [-0.4, -0.2) is 28.1 Å². The summed E-state index contributed by atoms with van der Waals surface area (Å²) in [6.07, 6.45) is 0. The van der Waals surface area contributed by atoms with Crippen LogP contribution in [0.3, 0.4) is 0 Å². The Hall–Kier alpha value is -0.260. The number of carboxylic acids is 1. The maximum absolute atomic E-state index is 9.89. The molecule has 0 amide bonds. The Labute approximate surface area is 51.9 Å². The van der Waals surface area contributed by atoms with E-state index >= 15 is 0 Å². The van der Waals surface area contributed by atoms with Gasteiger partial charge in [0, 0.05) is 5.75 Å². The van der Waals surface area contributed by atoms with Gasteiger partial charge in [0.1, 0.15) is 6.04 Å². The molecular formula is C3H7NO3S. The predicted octanol–water partition coefficient (Wildman–Crippen LogP) is -0.652. The second-order valence-corrected chi connectivity index (χ2v) is 1.57. The maximum atomic E-state index is 9.89. The van der Waals surface area contributed by atoms with Gasteiger partial charge in [-0.3, -0.25) is 4.79 Å². The average Bonchev–Trinajstić information content (AvgIpc) is 1.69. The third-order valence-electron chi connectivity index (χ3n) is 0.637. The van der Waals surface area contributed by atoms with Gasteiger partial charge in [-0.25, -0.2) is 0 Å². The van der Waals surface area contributed by atoms with Gasteiger partial charge in [-0.05, 0) is 0 Å². The van der Waals surface area contributed by atoms with Crippen LogP contribution in [0.15, 0.2) is 0 Å². The fourth-order valence-corrected chi connectivity index (χ4v) is 0.412. The summed E-state index contributed by atoms with van der Waals surface area (Å²) in [4.78, 5) is 9.89. The van der Waals surface area contributed by atoms with Crippen molar-refractivity contribution in [1.29, 1.82) is 0 Å². The molecule has 0 aromatic carbocycles. The summed E-state index contributed by atoms with van der Waals surface area (Å²) in [7, 11) is 0. The number of hydrogen-bond donors (Lipinski definition) is 4. The topological polar surface area (TPSA) is 69.6 Å². The van der Waals surface area contributed by atoms with E-state index < -0.39 is 12.0 Å². The van der Waals surface area contributed by atoms with E-state index in [-0.39, 0.29) is 5.75 Å². The first-order valence-electron chi connectivity index (χ1n) is 1.95. The molecule has 0 heterocycles. The highest BCUT2D eigenvalue weighted by Gasteiger charge is 2.11. The van der Waals surface area contributed by atoms with E-state index in [1.54, 1.807) is 5.48 Å². The van der Waals surface area contributed by atoms with Crippen molar-refractivity contribution >= 4 is 18.6 Å².